The molecule has 0 saturated heterocycles. The van der Waals surface area contributed by atoms with E-state index in [0.717, 1.165) is 0 Å². The third-order valence-electron chi connectivity index (χ3n) is 5.20. The monoisotopic (exact) mass is 331 g/mol. The molecule has 2 aliphatic carbocycles. The lowest BCUT2D eigenvalue weighted by molar-refractivity contribution is -0.153. The van der Waals surface area contributed by atoms with Crippen LogP contribution in [0.5, 0.6) is 5.75 Å². The van der Waals surface area contributed by atoms with E-state index < -0.39 is 11.4 Å². The predicted octanol–water partition coefficient (Wildman–Crippen LogP) is 2.69. The minimum atomic E-state index is -1.28. The average molecular weight is 331 g/mol. The van der Waals surface area contributed by atoms with E-state index >= 15 is 0 Å². The summed E-state index contributed by atoms with van der Waals surface area (Å²) in [6, 6.07) is 6.70. The van der Waals surface area contributed by atoms with Gasteiger partial charge in [0, 0.05) is 11.5 Å². The van der Waals surface area contributed by atoms with Gasteiger partial charge in [0.2, 0.25) is 0 Å². The molecule has 3 atom stereocenters. The van der Waals surface area contributed by atoms with Gasteiger partial charge in [-0.2, -0.15) is 0 Å². The third-order valence-corrected chi connectivity index (χ3v) is 5.20. The van der Waals surface area contributed by atoms with Crippen molar-refractivity contribution >= 4 is 17.5 Å². The van der Waals surface area contributed by atoms with Gasteiger partial charge in [-0.15, -0.1) is 0 Å². The van der Waals surface area contributed by atoms with Crippen LogP contribution in [0.15, 0.2) is 29.4 Å². The first-order valence-electron chi connectivity index (χ1n) is 8.13. The van der Waals surface area contributed by atoms with E-state index in [1.807, 2.05) is 0 Å². The fraction of sp³-hybridized carbons (Fsp3) is 0.500. The highest BCUT2D eigenvalue weighted by Crippen LogP contribution is 2.56. The van der Waals surface area contributed by atoms with Crippen molar-refractivity contribution in [2.75, 3.05) is 13.7 Å². The maximum atomic E-state index is 13.3. The number of carbonyl (C=O) groups excluding carboxylic acids is 2. The van der Waals surface area contributed by atoms with Crippen LogP contribution in [0.25, 0.3) is 0 Å². The van der Waals surface area contributed by atoms with Gasteiger partial charge in [-0.3, -0.25) is 9.59 Å². The Bertz CT molecular complexity index is 681. The maximum absolute atomic E-state index is 13.3. The van der Waals surface area contributed by atoms with Gasteiger partial charge in [-0.1, -0.05) is 5.16 Å². The first-order chi connectivity index (χ1) is 11.6. The lowest BCUT2D eigenvalue weighted by Gasteiger charge is -2.34. The molecule has 1 unspecified atom stereocenters. The summed E-state index contributed by atoms with van der Waals surface area (Å²) in [5.41, 5.74) is -0.315. The number of ether oxygens (including phenoxy) is 2. The Morgan fingerprint density at radius 1 is 1.33 bits per heavy atom. The molecule has 0 heterocycles. The number of oxime groups is 1. The van der Waals surface area contributed by atoms with Gasteiger partial charge < -0.3 is 14.7 Å². The van der Waals surface area contributed by atoms with E-state index in [9.17, 15) is 14.8 Å². The number of fused-ring (bicyclic) bond motifs is 2. The van der Waals surface area contributed by atoms with Crippen LogP contribution in [0.3, 0.4) is 0 Å². The number of esters is 1. The lowest BCUT2D eigenvalue weighted by atomic mass is 9.67. The summed E-state index contributed by atoms with van der Waals surface area (Å²) in [6.45, 7) is 1.93. The number of Topliss-reactive ketones (excluding diaryl/α,β-unsaturated/α-hetero) is 1. The van der Waals surface area contributed by atoms with Crippen molar-refractivity contribution in [3.8, 4) is 5.75 Å². The van der Waals surface area contributed by atoms with E-state index in [1.165, 1.54) is 0 Å². The number of hydrogen-bond donors (Lipinski definition) is 1. The molecule has 128 valence electrons. The smallest absolute Gasteiger partial charge is 0.320 e. The highest BCUT2D eigenvalue weighted by molar-refractivity contribution is 6.17. The van der Waals surface area contributed by atoms with Crippen molar-refractivity contribution in [3.05, 3.63) is 29.8 Å². The standard InChI is InChI=1S/C18H21NO5/c1-3-24-17(21)18(10-11-8-14(18)15(9-11)19-22)16(20)12-4-6-13(23-2)7-5-12/h4-7,11,14,22H,3,8-10H2,1-2H3/b19-15+/t11-,14+,18?/m0/s1. The van der Waals surface area contributed by atoms with Crippen LogP contribution in [0, 0.1) is 17.3 Å². The van der Waals surface area contributed by atoms with Crippen LogP contribution >= 0.6 is 0 Å². The minimum Gasteiger partial charge on any atom is -0.497 e. The molecule has 1 aromatic rings. The molecule has 2 bridgehead atoms. The maximum Gasteiger partial charge on any atom is 0.320 e. The van der Waals surface area contributed by atoms with Gasteiger partial charge >= 0.3 is 5.97 Å². The van der Waals surface area contributed by atoms with E-state index in [-0.39, 0.29) is 24.2 Å². The van der Waals surface area contributed by atoms with Crippen LogP contribution in [-0.4, -0.2) is 36.4 Å². The number of ketones is 1. The van der Waals surface area contributed by atoms with Crippen LogP contribution < -0.4 is 4.74 Å². The Kier molecular flexibility index (Phi) is 4.30. The summed E-state index contributed by atoms with van der Waals surface area (Å²) in [7, 11) is 1.55. The summed E-state index contributed by atoms with van der Waals surface area (Å²) in [5.74, 6) is -0.355. The van der Waals surface area contributed by atoms with Gasteiger partial charge in [0.05, 0.1) is 19.4 Å². The molecular formula is C18H21NO5. The molecule has 1 N–H and O–H groups in total. The van der Waals surface area contributed by atoms with Crippen molar-refractivity contribution in [2.45, 2.75) is 26.2 Å². The molecule has 0 amide bonds. The van der Waals surface area contributed by atoms with E-state index in [0.29, 0.717) is 36.3 Å². The topological polar surface area (TPSA) is 85.2 Å². The van der Waals surface area contributed by atoms with E-state index in [1.54, 1.807) is 38.3 Å². The molecule has 0 aliphatic heterocycles. The second-order valence-electron chi connectivity index (χ2n) is 6.40. The molecule has 24 heavy (non-hydrogen) atoms. The Labute approximate surface area is 140 Å². The van der Waals surface area contributed by atoms with Gasteiger partial charge in [-0.05, 0) is 56.4 Å². The first-order valence-corrected chi connectivity index (χ1v) is 8.13. The minimum absolute atomic E-state index is 0.174. The fourth-order valence-corrected chi connectivity index (χ4v) is 4.17. The molecule has 2 fully saturated rings. The number of hydrogen-bond acceptors (Lipinski definition) is 6. The molecule has 0 aromatic heterocycles. The number of methoxy groups -OCH3 is 1. The fourth-order valence-electron chi connectivity index (χ4n) is 4.17. The zero-order valence-electron chi connectivity index (χ0n) is 13.8. The number of carbonyl (C=O) groups is 2. The van der Waals surface area contributed by atoms with Crippen molar-refractivity contribution in [3.63, 3.8) is 0 Å². The summed E-state index contributed by atoms with van der Waals surface area (Å²) < 4.78 is 10.4. The molecule has 2 aliphatic rings. The Balaban J connectivity index is 2.02. The van der Waals surface area contributed by atoms with Crippen molar-refractivity contribution in [2.24, 2.45) is 22.4 Å². The number of rotatable bonds is 5. The van der Waals surface area contributed by atoms with Gasteiger partial charge in [0.15, 0.2) is 5.78 Å². The summed E-state index contributed by atoms with van der Waals surface area (Å²) >= 11 is 0. The van der Waals surface area contributed by atoms with Crippen molar-refractivity contribution < 1.29 is 24.3 Å². The Hall–Kier alpha value is -2.37. The van der Waals surface area contributed by atoms with Crippen LogP contribution in [0.1, 0.15) is 36.5 Å². The highest BCUT2D eigenvalue weighted by atomic mass is 16.5. The quantitative estimate of drug-likeness (QED) is 0.295. The summed E-state index contributed by atoms with van der Waals surface area (Å²) in [5, 5.41) is 12.6. The zero-order valence-corrected chi connectivity index (χ0v) is 13.8. The lowest BCUT2D eigenvalue weighted by Crippen LogP contribution is -2.48. The SMILES string of the molecule is CCOC(=O)C1(C(=O)c2ccc(OC)cc2)C[C@@H]2C/C(=N\O)[C@H]1C2. The zero-order chi connectivity index (χ0) is 17.3. The Morgan fingerprint density at radius 2 is 2.04 bits per heavy atom. The molecular weight excluding hydrogens is 310 g/mol. The van der Waals surface area contributed by atoms with Gasteiger partial charge in [0.25, 0.3) is 0 Å². The molecule has 0 spiro atoms. The van der Waals surface area contributed by atoms with E-state index in [2.05, 4.69) is 5.16 Å². The molecule has 0 radical (unpaired) electrons. The summed E-state index contributed by atoms with van der Waals surface area (Å²) in [6.07, 6.45) is 1.76. The van der Waals surface area contributed by atoms with Gasteiger partial charge in [-0.25, -0.2) is 0 Å². The Morgan fingerprint density at radius 3 is 2.58 bits per heavy atom. The molecule has 3 rings (SSSR count). The van der Waals surface area contributed by atoms with Crippen molar-refractivity contribution in [1.29, 1.82) is 0 Å². The normalized spacial score (nSPS) is 29.7. The highest BCUT2D eigenvalue weighted by Gasteiger charge is 2.63. The predicted molar refractivity (Wildman–Crippen MR) is 86.4 cm³/mol. The molecule has 1 aromatic carbocycles. The van der Waals surface area contributed by atoms with Crippen LogP contribution in [0.4, 0.5) is 0 Å². The van der Waals surface area contributed by atoms with Gasteiger partial charge in [0.1, 0.15) is 11.2 Å². The largest absolute Gasteiger partial charge is 0.497 e. The molecule has 6 nitrogen and oxygen atoms in total. The van der Waals surface area contributed by atoms with E-state index in [4.69, 9.17) is 9.47 Å². The number of nitrogens with zero attached hydrogens (tertiary/aromatic N) is 1. The number of benzene rings is 1. The first kappa shape index (κ1) is 16.5. The van der Waals surface area contributed by atoms with Crippen LogP contribution in [0.2, 0.25) is 0 Å². The van der Waals surface area contributed by atoms with Crippen LogP contribution in [-0.2, 0) is 9.53 Å². The third kappa shape index (κ3) is 2.37. The second-order valence-corrected chi connectivity index (χ2v) is 6.40. The molecule has 6 heteroatoms. The average Bonchev–Trinajstić information content (AvgIpc) is 3.20. The second kappa shape index (κ2) is 6.26. The molecule has 2 saturated carbocycles. The summed E-state index contributed by atoms with van der Waals surface area (Å²) in [4.78, 5) is 26.0. The van der Waals surface area contributed by atoms with Crippen molar-refractivity contribution in [1.82, 2.24) is 0 Å².